The summed E-state index contributed by atoms with van der Waals surface area (Å²) in [6.45, 7) is 16.3. The van der Waals surface area contributed by atoms with Gasteiger partial charge in [0, 0.05) is 0 Å². The van der Waals surface area contributed by atoms with Crippen molar-refractivity contribution in [2.75, 3.05) is 0 Å². The summed E-state index contributed by atoms with van der Waals surface area (Å²) in [4.78, 5) is 0. The molecule has 33 heavy (non-hydrogen) atoms. The molecular formula is C31H35BSi. The second-order valence-electron chi connectivity index (χ2n) is 9.99. The number of rotatable bonds is 5. The molecule has 0 fully saturated rings. The van der Waals surface area contributed by atoms with Crippen LogP contribution in [0.25, 0.3) is 0 Å². The van der Waals surface area contributed by atoms with Gasteiger partial charge in [-0.25, -0.2) is 0 Å². The molecule has 0 heterocycles. The maximum absolute atomic E-state index is 2.58. The second kappa shape index (κ2) is 9.19. The molecule has 0 aliphatic heterocycles. The number of benzene rings is 4. The molecule has 0 spiro atoms. The highest BCUT2D eigenvalue weighted by molar-refractivity contribution is 7.51. The molecule has 2 heteroatoms. The highest BCUT2D eigenvalue weighted by Gasteiger charge is 2.47. The van der Waals surface area contributed by atoms with Crippen molar-refractivity contribution in [2.24, 2.45) is 0 Å². The third kappa shape index (κ3) is 4.25. The Kier molecular flexibility index (Phi) is 6.50. The van der Waals surface area contributed by atoms with Crippen molar-refractivity contribution in [2.45, 2.75) is 48.1 Å². The van der Waals surface area contributed by atoms with Crippen LogP contribution in [-0.2, 0) is 0 Å². The molecule has 0 aliphatic carbocycles. The summed E-state index contributed by atoms with van der Waals surface area (Å²) in [5.74, 6) is 0. The van der Waals surface area contributed by atoms with E-state index < -0.39 is 7.94 Å². The Morgan fingerprint density at radius 1 is 0.485 bits per heavy atom. The van der Waals surface area contributed by atoms with E-state index in [1.165, 1.54) is 54.7 Å². The lowest BCUT2D eigenvalue weighted by atomic mass is 9.55. The Labute approximate surface area is 201 Å². The molecule has 0 bridgehead atoms. The van der Waals surface area contributed by atoms with Crippen LogP contribution in [0.4, 0.5) is 0 Å². The zero-order valence-electron chi connectivity index (χ0n) is 21.2. The summed E-state index contributed by atoms with van der Waals surface area (Å²) in [6, 6.07) is 32.1. The Balaban J connectivity index is 2.17. The van der Waals surface area contributed by atoms with Gasteiger partial charge in [0.2, 0.25) is 6.31 Å². The minimum absolute atomic E-state index is 0.323. The van der Waals surface area contributed by atoms with Crippen LogP contribution in [0.3, 0.4) is 0 Å². The number of aryl methyl sites for hydroxylation is 6. The van der Waals surface area contributed by atoms with Gasteiger partial charge in [-0.2, -0.15) is 0 Å². The molecule has 0 aromatic heterocycles. The first kappa shape index (κ1) is 23.3. The SMILES string of the molecule is Cc1cc(C)c(B(c2c(C)cc(C)cc2C)[Si](C)(c2ccccc2)c2ccccc2)c(C)c1. The van der Waals surface area contributed by atoms with E-state index in [-0.39, 0.29) is 0 Å². The largest absolute Gasteiger partial charge is 0.214 e. The van der Waals surface area contributed by atoms with E-state index in [1.807, 2.05) is 0 Å². The normalized spacial score (nSPS) is 11.5. The first-order valence-electron chi connectivity index (χ1n) is 12.0. The fourth-order valence-electron chi connectivity index (χ4n) is 6.08. The van der Waals surface area contributed by atoms with Gasteiger partial charge >= 0.3 is 0 Å². The van der Waals surface area contributed by atoms with Gasteiger partial charge in [0.15, 0.2) is 0 Å². The van der Waals surface area contributed by atoms with Crippen molar-refractivity contribution in [3.8, 4) is 0 Å². The van der Waals surface area contributed by atoms with E-state index in [9.17, 15) is 0 Å². The smallest absolute Gasteiger partial charge is 0.0705 e. The third-order valence-electron chi connectivity index (χ3n) is 7.38. The van der Waals surface area contributed by atoms with Crippen LogP contribution in [0.1, 0.15) is 33.4 Å². The molecule has 4 aromatic rings. The van der Waals surface area contributed by atoms with Crippen molar-refractivity contribution in [1.82, 2.24) is 0 Å². The minimum Gasteiger partial charge on any atom is -0.0705 e. The average Bonchev–Trinajstić information content (AvgIpc) is 2.77. The first-order chi connectivity index (χ1) is 15.7. The van der Waals surface area contributed by atoms with Crippen LogP contribution >= 0.6 is 0 Å². The number of hydrogen-bond acceptors (Lipinski definition) is 0. The van der Waals surface area contributed by atoms with E-state index in [4.69, 9.17) is 0 Å². The predicted octanol–water partition coefficient (Wildman–Crippen LogP) is 5.12. The van der Waals surface area contributed by atoms with Crippen LogP contribution in [0.2, 0.25) is 6.55 Å². The molecule has 0 N–H and O–H groups in total. The zero-order valence-corrected chi connectivity index (χ0v) is 22.2. The molecule has 0 saturated heterocycles. The fraction of sp³-hybridized carbons (Fsp3) is 0.226. The summed E-state index contributed by atoms with van der Waals surface area (Å²) in [5, 5.41) is 2.97. The molecule has 0 amide bonds. The molecule has 166 valence electrons. The Morgan fingerprint density at radius 3 is 1.09 bits per heavy atom. The van der Waals surface area contributed by atoms with Gasteiger partial charge in [0.25, 0.3) is 0 Å². The third-order valence-corrected chi connectivity index (χ3v) is 12.2. The maximum atomic E-state index is 2.58. The second-order valence-corrected chi connectivity index (χ2v) is 14.1. The van der Waals surface area contributed by atoms with Gasteiger partial charge in [-0.3, -0.25) is 0 Å². The predicted molar refractivity (Wildman–Crippen MR) is 150 cm³/mol. The van der Waals surface area contributed by atoms with Gasteiger partial charge in [-0.05, 0) is 41.5 Å². The van der Waals surface area contributed by atoms with E-state index in [0.717, 1.165) is 0 Å². The van der Waals surface area contributed by atoms with Crippen LogP contribution in [0.15, 0.2) is 84.9 Å². The Morgan fingerprint density at radius 2 is 0.788 bits per heavy atom. The van der Waals surface area contributed by atoms with Crippen LogP contribution in [0.5, 0.6) is 0 Å². The highest BCUT2D eigenvalue weighted by Crippen LogP contribution is 2.19. The maximum Gasteiger partial charge on any atom is 0.214 e. The summed E-state index contributed by atoms with van der Waals surface area (Å²) < 4.78 is 0. The van der Waals surface area contributed by atoms with Crippen LogP contribution in [0, 0.1) is 41.5 Å². The molecule has 0 radical (unpaired) electrons. The minimum atomic E-state index is -2.27. The Hall–Kier alpha value is -2.84. The average molecular weight is 447 g/mol. The standard InChI is InChI=1S/C31H35BSi/c1-22-18-24(3)30(25(4)19-22)32(31-26(5)20-23(2)21-27(31)6)33(7,28-14-10-8-11-15-28)29-16-12-9-13-17-29/h8-21H,1-7H3. The van der Waals surface area contributed by atoms with Crippen molar-refractivity contribution >= 4 is 35.5 Å². The monoisotopic (exact) mass is 446 g/mol. The molecule has 4 rings (SSSR count). The van der Waals surface area contributed by atoms with Gasteiger partial charge in [0.05, 0.1) is 7.94 Å². The molecule has 0 nitrogen and oxygen atoms in total. The lowest BCUT2D eigenvalue weighted by Crippen LogP contribution is -2.76. The number of hydrogen-bond donors (Lipinski definition) is 0. The molecule has 0 unspecified atom stereocenters. The van der Waals surface area contributed by atoms with Crippen molar-refractivity contribution in [3.63, 3.8) is 0 Å². The van der Waals surface area contributed by atoms with Gasteiger partial charge in [-0.15, -0.1) is 0 Å². The van der Waals surface area contributed by atoms with E-state index >= 15 is 0 Å². The first-order valence-corrected chi connectivity index (χ1v) is 14.6. The topological polar surface area (TPSA) is 0 Å². The van der Waals surface area contributed by atoms with Gasteiger partial charge in [0.1, 0.15) is 0 Å². The van der Waals surface area contributed by atoms with Crippen molar-refractivity contribution < 1.29 is 0 Å². The van der Waals surface area contributed by atoms with Gasteiger partial charge in [-0.1, -0.05) is 146 Å². The molecule has 0 aliphatic rings. The summed E-state index contributed by atoms with van der Waals surface area (Å²) >= 11 is 0. The Bertz CT molecular complexity index is 1130. The fourth-order valence-corrected chi connectivity index (χ4v) is 10.9. The van der Waals surface area contributed by atoms with Crippen molar-refractivity contribution in [1.29, 1.82) is 0 Å². The van der Waals surface area contributed by atoms with E-state index in [0.29, 0.717) is 6.31 Å². The van der Waals surface area contributed by atoms with E-state index in [1.54, 1.807) is 0 Å². The zero-order chi connectivity index (χ0) is 23.8. The summed E-state index contributed by atoms with van der Waals surface area (Å²) in [7, 11) is -2.27. The van der Waals surface area contributed by atoms with Gasteiger partial charge < -0.3 is 0 Å². The van der Waals surface area contributed by atoms with Crippen molar-refractivity contribution in [3.05, 3.63) is 118 Å². The van der Waals surface area contributed by atoms with Crippen LogP contribution < -0.4 is 21.3 Å². The van der Waals surface area contributed by atoms with Crippen LogP contribution in [-0.4, -0.2) is 14.2 Å². The summed E-state index contributed by atoms with van der Waals surface area (Å²) in [5.41, 5.74) is 11.3. The molecular weight excluding hydrogens is 411 g/mol. The quantitative estimate of drug-likeness (QED) is 0.374. The summed E-state index contributed by atoms with van der Waals surface area (Å²) in [6.07, 6.45) is 0.323. The lowest BCUT2D eigenvalue weighted by Gasteiger charge is -2.39. The lowest BCUT2D eigenvalue weighted by molar-refractivity contribution is 1.34. The highest BCUT2D eigenvalue weighted by atomic mass is 28.3. The van der Waals surface area contributed by atoms with E-state index in [2.05, 4.69) is 133 Å². The molecule has 4 aromatic carbocycles. The molecule has 0 atom stereocenters. The molecule has 0 saturated carbocycles.